The smallest absolute Gasteiger partial charge is 0.335 e. The molecule has 0 radical (unpaired) electrons. The molecule has 6 heteroatoms. The van der Waals surface area contributed by atoms with Gasteiger partial charge in [-0.05, 0) is 86.2 Å². The Bertz CT molecular complexity index is 935. The predicted octanol–water partition coefficient (Wildman–Crippen LogP) is 3.64. The maximum Gasteiger partial charge on any atom is 0.335 e. The summed E-state index contributed by atoms with van der Waals surface area (Å²) in [5.74, 6) is -0.0349. The van der Waals surface area contributed by atoms with Crippen molar-refractivity contribution >= 4 is 5.97 Å². The SMILES string of the molecule is COC(=O)C1CC2(O)C3CCC4CC(O)CCC4(C)C3CCC2(C)C1c1ccc(=O)oc1. The lowest BCUT2D eigenvalue weighted by Gasteiger charge is -2.63. The van der Waals surface area contributed by atoms with Gasteiger partial charge in [0.15, 0.2) is 0 Å². The van der Waals surface area contributed by atoms with E-state index >= 15 is 0 Å². The third kappa shape index (κ3) is 2.91. The Hall–Kier alpha value is -1.66. The van der Waals surface area contributed by atoms with Crippen LogP contribution in [0.15, 0.2) is 27.6 Å². The van der Waals surface area contributed by atoms with E-state index in [1.165, 1.54) is 19.4 Å². The van der Waals surface area contributed by atoms with E-state index in [1.807, 2.05) is 0 Å². The van der Waals surface area contributed by atoms with E-state index in [0.29, 0.717) is 18.3 Å². The topological polar surface area (TPSA) is 97.0 Å². The number of esters is 1. The first-order valence-electron chi connectivity index (χ1n) is 12.2. The van der Waals surface area contributed by atoms with Crippen molar-refractivity contribution in [3.63, 3.8) is 0 Å². The summed E-state index contributed by atoms with van der Waals surface area (Å²) in [6, 6.07) is 3.14. The van der Waals surface area contributed by atoms with Crippen LogP contribution in [0.5, 0.6) is 0 Å². The van der Waals surface area contributed by atoms with Crippen LogP contribution in [0.25, 0.3) is 0 Å². The van der Waals surface area contributed by atoms with Crippen LogP contribution in [-0.2, 0) is 9.53 Å². The lowest BCUT2D eigenvalue weighted by Crippen LogP contribution is -2.62. The van der Waals surface area contributed by atoms with E-state index in [9.17, 15) is 19.8 Å². The molecule has 0 spiro atoms. The van der Waals surface area contributed by atoms with Gasteiger partial charge in [0, 0.05) is 17.4 Å². The maximum atomic E-state index is 12.9. The summed E-state index contributed by atoms with van der Waals surface area (Å²) in [5.41, 5.74) is -1.00. The quantitative estimate of drug-likeness (QED) is 0.676. The summed E-state index contributed by atoms with van der Waals surface area (Å²) in [4.78, 5) is 24.5. The standard InChI is InChI=1S/C26H36O6/c1-24-10-8-17(27)12-16(24)5-6-20-19(24)9-11-25(2)22(15-4-7-21(28)32-14-15)18(23(29)31-3)13-26(20,25)30/h4,7,14,16-20,22,27,30H,5-6,8-13H2,1-3H3. The van der Waals surface area contributed by atoms with Gasteiger partial charge >= 0.3 is 11.6 Å². The first-order valence-corrected chi connectivity index (χ1v) is 12.2. The Kier molecular flexibility index (Phi) is 5.14. The highest BCUT2D eigenvalue weighted by atomic mass is 16.5. The van der Waals surface area contributed by atoms with Crippen molar-refractivity contribution in [2.75, 3.05) is 7.11 Å². The lowest BCUT2D eigenvalue weighted by atomic mass is 9.43. The number of ether oxygens (including phenoxy) is 1. The van der Waals surface area contributed by atoms with Gasteiger partial charge in [-0.3, -0.25) is 4.79 Å². The fraction of sp³-hybridized carbons (Fsp3) is 0.769. The molecule has 0 amide bonds. The second-order valence-corrected chi connectivity index (χ2v) is 11.5. The van der Waals surface area contributed by atoms with Gasteiger partial charge in [0.25, 0.3) is 0 Å². The molecular formula is C26H36O6. The third-order valence-corrected chi connectivity index (χ3v) is 10.4. The molecule has 0 aromatic carbocycles. The van der Waals surface area contributed by atoms with Crippen LogP contribution in [0, 0.1) is 34.5 Å². The van der Waals surface area contributed by atoms with Gasteiger partial charge in [0.1, 0.15) is 0 Å². The highest BCUT2D eigenvalue weighted by Gasteiger charge is 2.70. The molecule has 0 saturated heterocycles. The molecule has 32 heavy (non-hydrogen) atoms. The van der Waals surface area contributed by atoms with Crippen LogP contribution in [0.3, 0.4) is 0 Å². The second-order valence-electron chi connectivity index (χ2n) is 11.5. The van der Waals surface area contributed by atoms with Gasteiger partial charge in [-0.2, -0.15) is 0 Å². The fourth-order valence-electron chi connectivity index (χ4n) is 8.80. The highest BCUT2D eigenvalue weighted by molar-refractivity contribution is 5.75. The average molecular weight is 445 g/mol. The van der Waals surface area contributed by atoms with E-state index in [1.54, 1.807) is 6.07 Å². The summed E-state index contributed by atoms with van der Waals surface area (Å²) in [5, 5.41) is 22.7. The summed E-state index contributed by atoms with van der Waals surface area (Å²) >= 11 is 0. The van der Waals surface area contributed by atoms with Gasteiger partial charge in [-0.25, -0.2) is 4.79 Å². The van der Waals surface area contributed by atoms with Crippen molar-refractivity contribution in [3.8, 4) is 0 Å². The number of carbonyl (C=O) groups is 1. The molecule has 6 nitrogen and oxygen atoms in total. The molecule has 4 saturated carbocycles. The Morgan fingerprint density at radius 2 is 1.91 bits per heavy atom. The van der Waals surface area contributed by atoms with E-state index in [4.69, 9.17) is 9.15 Å². The molecule has 5 rings (SSSR count). The number of rotatable bonds is 2. The van der Waals surface area contributed by atoms with Gasteiger partial charge in [0.05, 0.1) is 31.0 Å². The Balaban J connectivity index is 1.56. The van der Waals surface area contributed by atoms with Crippen LogP contribution in [0.2, 0.25) is 0 Å². The predicted molar refractivity (Wildman–Crippen MR) is 118 cm³/mol. The van der Waals surface area contributed by atoms with Gasteiger partial charge in [-0.1, -0.05) is 13.8 Å². The molecule has 1 aromatic heterocycles. The zero-order valence-corrected chi connectivity index (χ0v) is 19.4. The van der Waals surface area contributed by atoms with E-state index in [-0.39, 0.29) is 29.3 Å². The lowest BCUT2D eigenvalue weighted by molar-refractivity contribution is -0.205. The molecule has 9 atom stereocenters. The maximum absolute atomic E-state index is 12.9. The molecular weight excluding hydrogens is 408 g/mol. The van der Waals surface area contributed by atoms with Crippen LogP contribution in [-0.4, -0.2) is 35.0 Å². The number of hydrogen-bond donors (Lipinski definition) is 2. The minimum atomic E-state index is -0.986. The third-order valence-electron chi connectivity index (χ3n) is 10.4. The number of hydrogen-bond acceptors (Lipinski definition) is 6. The second kappa shape index (κ2) is 7.42. The molecule has 1 heterocycles. The monoisotopic (exact) mass is 444 g/mol. The zero-order chi connectivity index (χ0) is 22.9. The van der Waals surface area contributed by atoms with Crippen molar-refractivity contribution in [2.24, 2.45) is 34.5 Å². The van der Waals surface area contributed by atoms with Gasteiger partial charge < -0.3 is 19.4 Å². The van der Waals surface area contributed by atoms with E-state index in [0.717, 1.165) is 50.5 Å². The van der Waals surface area contributed by atoms with Crippen molar-refractivity contribution in [1.82, 2.24) is 0 Å². The molecule has 4 aliphatic rings. The highest BCUT2D eigenvalue weighted by Crippen LogP contribution is 2.71. The number of carbonyl (C=O) groups excluding carboxylic acids is 1. The van der Waals surface area contributed by atoms with Crippen LogP contribution in [0.4, 0.5) is 0 Å². The first-order chi connectivity index (χ1) is 15.1. The van der Waals surface area contributed by atoms with Gasteiger partial charge in [0.2, 0.25) is 0 Å². The van der Waals surface area contributed by atoms with Crippen molar-refractivity contribution < 1.29 is 24.2 Å². The van der Waals surface area contributed by atoms with Crippen molar-refractivity contribution in [1.29, 1.82) is 0 Å². The largest absolute Gasteiger partial charge is 0.469 e. The van der Waals surface area contributed by atoms with Crippen LogP contribution >= 0.6 is 0 Å². The van der Waals surface area contributed by atoms with Crippen molar-refractivity contribution in [3.05, 3.63) is 34.4 Å². The summed E-state index contributed by atoms with van der Waals surface area (Å²) in [7, 11) is 1.40. The number of aliphatic hydroxyl groups is 2. The van der Waals surface area contributed by atoms with Crippen LogP contribution in [0.1, 0.15) is 76.7 Å². The average Bonchev–Trinajstić information content (AvgIpc) is 3.02. The summed E-state index contributed by atoms with van der Waals surface area (Å²) in [6.07, 6.45) is 8.11. The number of aliphatic hydroxyl groups excluding tert-OH is 1. The Morgan fingerprint density at radius 1 is 1.12 bits per heavy atom. The Morgan fingerprint density at radius 3 is 2.59 bits per heavy atom. The molecule has 2 N–H and O–H groups in total. The van der Waals surface area contributed by atoms with Crippen molar-refractivity contribution in [2.45, 2.75) is 82.8 Å². The van der Waals surface area contributed by atoms with E-state index < -0.39 is 22.6 Å². The number of fused-ring (bicyclic) bond motifs is 5. The van der Waals surface area contributed by atoms with Gasteiger partial charge in [-0.15, -0.1) is 0 Å². The molecule has 1 aromatic rings. The molecule has 176 valence electrons. The molecule has 0 aliphatic heterocycles. The molecule has 0 bridgehead atoms. The minimum Gasteiger partial charge on any atom is -0.469 e. The van der Waals surface area contributed by atoms with Crippen LogP contribution < -0.4 is 5.63 Å². The fourth-order valence-corrected chi connectivity index (χ4v) is 8.80. The number of methoxy groups -OCH3 is 1. The molecule has 4 fully saturated rings. The molecule has 4 aliphatic carbocycles. The zero-order valence-electron chi connectivity index (χ0n) is 19.4. The van der Waals surface area contributed by atoms with E-state index in [2.05, 4.69) is 13.8 Å². The minimum absolute atomic E-state index is 0.116. The normalized spacial score (nSPS) is 47.8. The molecule has 9 unspecified atom stereocenters. The summed E-state index contributed by atoms with van der Waals surface area (Å²) in [6.45, 7) is 4.50. The summed E-state index contributed by atoms with van der Waals surface area (Å²) < 4.78 is 10.4. The Labute approximate surface area is 189 Å². The first kappa shape index (κ1) is 22.1.